The molecular weight excluding hydrogens is 278 g/mol. The van der Waals surface area contributed by atoms with Crippen molar-refractivity contribution in [1.82, 2.24) is 14.7 Å². The van der Waals surface area contributed by atoms with Gasteiger partial charge in [0.2, 0.25) is 5.91 Å². The number of hydrogen-bond acceptors (Lipinski definition) is 3. The molecule has 1 aliphatic heterocycles. The molecule has 5 nitrogen and oxygen atoms in total. The van der Waals surface area contributed by atoms with Gasteiger partial charge in [-0.2, -0.15) is 5.10 Å². The zero-order chi connectivity index (χ0) is 15.2. The summed E-state index contributed by atoms with van der Waals surface area (Å²) < 4.78 is 7.51. The molecule has 0 saturated carbocycles. The minimum atomic E-state index is 0.172. The van der Waals surface area contributed by atoms with Crippen LogP contribution in [0.5, 0.6) is 5.75 Å². The van der Waals surface area contributed by atoms with Crippen LogP contribution in [0.3, 0.4) is 0 Å². The molecule has 116 valence electrons. The van der Waals surface area contributed by atoms with Crippen LogP contribution in [0.2, 0.25) is 0 Å². The summed E-state index contributed by atoms with van der Waals surface area (Å²) in [5.41, 5.74) is 0. The van der Waals surface area contributed by atoms with E-state index in [1.54, 1.807) is 6.20 Å². The largest absolute Gasteiger partial charge is 0.493 e. The Labute approximate surface area is 130 Å². The van der Waals surface area contributed by atoms with Gasteiger partial charge in [-0.15, -0.1) is 0 Å². The first-order valence-electron chi connectivity index (χ1n) is 7.77. The van der Waals surface area contributed by atoms with E-state index < -0.39 is 0 Å². The molecular formula is C17H21N3O2. The normalized spacial score (nSPS) is 17.6. The van der Waals surface area contributed by atoms with E-state index in [1.807, 2.05) is 52.2 Å². The molecule has 1 aromatic heterocycles. The number of amides is 1. The summed E-state index contributed by atoms with van der Waals surface area (Å²) in [5, 5.41) is 4.23. The Balaban J connectivity index is 1.48. The van der Waals surface area contributed by atoms with E-state index in [0.29, 0.717) is 13.0 Å². The smallest absolute Gasteiger partial charge is 0.226 e. The van der Waals surface area contributed by atoms with Crippen molar-refractivity contribution in [2.45, 2.75) is 31.8 Å². The van der Waals surface area contributed by atoms with Crippen LogP contribution >= 0.6 is 0 Å². The van der Waals surface area contributed by atoms with Crippen LogP contribution < -0.4 is 4.74 Å². The Morgan fingerprint density at radius 2 is 2.14 bits per heavy atom. The maximum absolute atomic E-state index is 12.4. The maximum Gasteiger partial charge on any atom is 0.226 e. The average molecular weight is 299 g/mol. The Morgan fingerprint density at radius 1 is 1.27 bits per heavy atom. The molecule has 2 heterocycles. The fraction of sp³-hybridized carbons (Fsp3) is 0.412. The van der Waals surface area contributed by atoms with Crippen molar-refractivity contribution in [1.29, 1.82) is 0 Å². The molecule has 22 heavy (non-hydrogen) atoms. The lowest BCUT2D eigenvalue weighted by atomic mass is 10.2. The highest BCUT2D eigenvalue weighted by atomic mass is 16.5. The summed E-state index contributed by atoms with van der Waals surface area (Å²) in [7, 11) is 0. The average Bonchev–Trinajstić information content (AvgIpc) is 3.20. The van der Waals surface area contributed by atoms with E-state index in [1.165, 1.54) is 0 Å². The minimum Gasteiger partial charge on any atom is -0.493 e. The summed E-state index contributed by atoms with van der Waals surface area (Å²) >= 11 is 0. The molecule has 1 fully saturated rings. The van der Waals surface area contributed by atoms with Gasteiger partial charge in [0.1, 0.15) is 5.75 Å². The topological polar surface area (TPSA) is 47.4 Å². The highest BCUT2D eigenvalue weighted by Crippen LogP contribution is 2.20. The molecule has 5 heteroatoms. The van der Waals surface area contributed by atoms with Gasteiger partial charge in [-0.3, -0.25) is 9.48 Å². The molecule has 2 aromatic rings. The van der Waals surface area contributed by atoms with Crippen molar-refractivity contribution in [3.8, 4) is 5.75 Å². The molecule has 1 saturated heterocycles. The highest BCUT2D eigenvalue weighted by molar-refractivity contribution is 5.77. The zero-order valence-corrected chi connectivity index (χ0v) is 12.6. The molecule has 0 unspecified atom stereocenters. The van der Waals surface area contributed by atoms with Gasteiger partial charge in [0.25, 0.3) is 0 Å². The van der Waals surface area contributed by atoms with E-state index in [0.717, 1.165) is 31.7 Å². The number of carbonyl (C=O) groups excluding carboxylic acids is 1. The second kappa shape index (κ2) is 7.11. The Morgan fingerprint density at radius 3 is 2.91 bits per heavy atom. The number of nitrogens with zero attached hydrogens (tertiary/aromatic N) is 3. The predicted molar refractivity (Wildman–Crippen MR) is 83.5 cm³/mol. The summed E-state index contributed by atoms with van der Waals surface area (Å²) in [4.78, 5) is 14.4. The lowest BCUT2D eigenvalue weighted by molar-refractivity contribution is -0.132. The number of rotatable bonds is 6. The van der Waals surface area contributed by atoms with E-state index in [-0.39, 0.29) is 11.9 Å². The molecule has 1 aliphatic rings. The van der Waals surface area contributed by atoms with Gasteiger partial charge in [0, 0.05) is 18.9 Å². The van der Waals surface area contributed by atoms with Crippen LogP contribution in [0.25, 0.3) is 0 Å². The van der Waals surface area contributed by atoms with Crippen molar-refractivity contribution < 1.29 is 9.53 Å². The number of ether oxygens (including phenoxy) is 1. The quantitative estimate of drug-likeness (QED) is 0.822. The van der Waals surface area contributed by atoms with Gasteiger partial charge in [0.05, 0.1) is 25.6 Å². The van der Waals surface area contributed by atoms with Gasteiger partial charge in [-0.1, -0.05) is 18.2 Å². The van der Waals surface area contributed by atoms with Crippen LogP contribution in [-0.2, 0) is 11.3 Å². The Hall–Kier alpha value is -2.30. The zero-order valence-electron chi connectivity index (χ0n) is 12.6. The molecule has 0 spiro atoms. The third-order valence-corrected chi connectivity index (χ3v) is 3.98. The summed E-state index contributed by atoms with van der Waals surface area (Å²) in [6, 6.07) is 11.8. The fourth-order valence-corrected chi connectivity index (χ4v) is 2.89. The first-order chi connectivity index (χ1) is 10.8. The van der Waals surface area contributed by atoms with Crippen LogP contribution in [-0.4, -0.2) is 39.8 Å². The molecule has 0 radical (unpaired) electrons. The van der Waals surface area contributed by atoms with Crippen molar-refractivity contribution in [3.63, 3.8) is 0 Å². The number of likely N-dealkylation sites (tertiary alicyclic amines) is 1. The lowest BCUT2D eigenvalue weighted by Gasteiger charge is -2.24. The number of carbonyl (C=O) groups is 1. The minimum absolute atomic E-state index is 0.172. The number of hydrogen-bond donors (Lipinski definition) is 0. The first kappa shape index (κ1) is 14.6. The summed E-state index contributed by atoms with van der Waals surface area (Å²) in [6.07, 6.45) is 6.25. The Bertz CT molecular complexity index is 583. The van der Waals surface area contributed by atoms with Crippen LogP contribution in [0.1, 0.15) is 19.3 Å². The van der Waals surface area contributed by atoms with E-state index in [4.69, 9.17) is 4.74 Å². The van der Waals surface area contributed by atoms with Crippen LogP contribution in [0, 0.1) is 0 Å². The maximum atomic E-state index is 12.4. The number of benzene rings is 1. The van der Waals surface area contributed by atoms with Gasteiger partial charge >= 0.3 is 0 Å². The second-order valence-electron chi connectivity index (χ2n) is 5.52. The van der Waals surface area contributed by atoms with Crippen molar-refractivity contribution in [3.05, 3.63) is 48.8 Å². The summed E-state index contributed by atoms with van der Waals surface area (Å²) in [5.74, 6) is 0.982. The van der Waals surface area contributed by atoms with Gasteiger partial charge in [-0.25, -0.2) is 0 Å². The van der Waals surface area contributed by atoms with E-state index in [2.05, 4.69) is 5.10 Å². The molecule has 0 aliphatic carbocycles. The van der Waals surface area contributed by atoms with Crippen molar-refractivity contribution in [2.24, 2.45) is 0 Å². The molecule has 1 amide bonds. The fourth-order valence-electron chi connectivity index (χ4n) is 2.89. The molecule has 0 bridgehead atoms. The predicted octanol–water partition coefficient (Wildman–Crippen LogP) is 2.34. The van der Waals surface area contributed by atoms with E-state index >= 15 is 0 Å². The summed E-state index contributed by atoms with van der Waals surface area (Å²) in [6.45, 7) is 2.04. The standard InChI is InChI=1S/C17H21N3O2/c21-17(9-13-22-16-7-2-1-3-8-16)20-12-4-6-15(20)14-19-11-5-10-18-19/h1-3,5,7-8,10-11,15H,4,6,9,12-14H2/t15-/m0/s1. The molecule has 1 aromatic carbocycles. The molecule has 0 N–H and O–H groups in total. The lowest BCUT2D eigenvalue weighted by Crippen LogP contribution is -2.38. The van der Waals surface area contributed by atoms with Crippen LogP contribution in [0.4, 0.5) is 0 Å². The third-order valence-electron chi connectivity index (χ3n) is 3.98. The first-order valence-corrected chi connectivity index (χ1v) is 7.77. The molecule has 1 atom stereocenters. The second-order valence-corrected chi connectivity index (χ2v) is 5.52. The molecule has 3 rings (SSSR count). The third kappa shape index (κ3) is 3.67. The van der Waals surface area contributed by atoms with Crippen molar-refractivity contribution >= 4 is 5.91 Å². The van der Waals surface area contributed by atoms with Crippen molar-refractivity contribution in [2.75, 3.05) is 13.2 Å². The van der Waals surface area contributed by atoms with Gasteiger partial charge < -0.3 is 9.64 Å². The number of aromatic nitrogens is 2. The van der Waals surface area contributed by atoms with Gasteiger partial charge in [-0.05, 0) is 31.0 Å². The highest BCUT2D eigenvalue weighted by Gasteiger charge is 2.28. The Kier molecular flexibility index (Phi) is 4.73. The van der Waals surface area contributed by atoms with Gasteiger partial charge in [0.15, 0.2) is 0 Å². The van der Waals surface area contributed by atoms with E-state index in [9.17, 15) is 4.79 Å². The van der Waals surface area contributed by atoms with Crippen LogP contribution in [0.15, 0.2) is 48.8 Å². The monoisotopic (exact) mass is 299 g/mol. The SMILES string of the molecule is O=C(CCOc1ccccc1)N1CCC[C@H]1Cn1cccn1. The number of para-hydroxylation sites is 1.